The molecule has 1 saturated heterocycles. The van der Waals surface area contributed by atoms with E-state index in [0.29, 0.717) is 0 Å². The van der Waals surface area contributed by atoms with E-state index in [1.165, 1.54) is 63.6 Å². The van der Waals surface area contributed by atoms with Gasteiger partial charge in [-0.15, -0.1) is 0 Å². The molecule has 1 aliphatic rings. The van der Waals surface area contributed by atoms with Crippen LogP contribution in [0.15, 0.2) is 18.2 Å². The summed E-state index contributed by atoms with van der Waals surface area (Å²) in [6.45, 7) is 6.47. The van der Waals surface area contributed by atoms with Crippen LogP contribution in [0.1, 0.15) is 63.9 Å². The fourth-order valence-corrected chi connectivity index (χ4v) is 3.19. The number of likely N-dealkylation sites (tertiary alicyclic amines) is 1. The van der Waals surface area contributed by atoms with Gasteiger partial charge in [0.05, 0.1) is 13.7 Å². The molecule has 1 aromatic carbocycles. The van der Waals surface area contributed by atoms with Gasteiger partial charge in [0.15, 0.2) is 11.5 Å². The number of nitrogens with zero attached hydrogens (tertiary/aromatic N) is 1. The molecule has 0 bridgehead atoms. The second-order valence-corrected chi connectivity index (χ2v) is 6.58. The van der Waals surface area contributed by atoms with Crippen LogP contribution < -0.4 is 9.47 Å². The molecule has 130 valence electrons. The predicted octanol–water partition coefficient (Wildman–Crippen LogP) is 5.03. The first-order chi connectivity index (χ1) is 11.3. The number of benzene rings is 1. The highest BCUT2D eigenvalue weighted by Crippen LogP contribution is 2.29. The van der Waals surface area contributed by atoms with E-state index in [4.69, 9.17) is 9.47 Å². The van der Waals surface area contributed by atoms with E-state index in [2.05, 4.69) is 30.0 Å². The van der Waals surface area contributed by atoms with Crippen molar-refractivity contribution in [3.05, 3.63) is 23.8 Å². The highest BCUT2D eigenvalue weighted by atomic mass is 16.5. The summed E-state index contributed by atoms with van der Waals surface area (Å²) in [5.41, 5.74) is 1.32. The molecule has 2 rings (SSSR count). The largest absolute Gasteiger partial charge is 0.493 e. The van der Waals surface area contributed by atoms with Crippen molar-refractivity contribution in [3.63, 3.8) is 0 Å². The molecular formula is C20H33NO2. The van der Waals surface area contributed by atoms with Crippen molar-refractivity contribution in [1.82, 2.24) is 4.90 Å². The molecule has 1 aromatic rings. The van der Waals surface area contributed by atoms with Crippen LogP contribution in [0.3, 0.4) is 0 Å². The van der Waals surface area contributed by atoms with E-state index in [-0.39, 0.29) is 0 Å². The summed E-state index contributed by atoms with van der Waals surface area (Å²) >= 11 is 0. The summed E-state index contributed by atoms with van der Waals surface area (Å²) in [5, 5.41) is 0. The first kappa shape index (κ1) is 18.1. The van der Waals surface area contributed by atoms with Gasteiger partial charge in [-0.2, -0.15) is 0 Å². The van der Waals surface area contributed by atoms with Crippen LogP contribution in [-0.4, -0.2) is 31.7 Å². The van der Waals surface area contributed by atoms with Gasteiger partial charge >= 0.3 is 0 Å². The summed E-state index contributed by atoms with van der Waals surface area (Å²) < 4.78 is 11.4. The number of ether oxygens (including phenoxy) is 2. The van der Waals surface area contributed by atoms with Crippen LogP contribution in [0.5, 0.6) is 11.5 Å². The van der Waals surface area contributed by atoms with Crippen molar-refractivity contribution < 1.29 is 9.47 Å². The molecule has 0 N–H and O–H groups in total. The molecule has 0 unspecified atom stereocenters. The zero-order chi connectivity index (χ0) is 16.3. The van der Waals surface area contributed by atoms with E-state index >= 15 is 0 Å². The van der Waals surface area contributed by atoms with Crippen LogP contribution in [0.4, 0.5) is 0 Å². The summed E-state index contributed by atoms with van der Waals surface area (Å²) in [7, 11) is 1.73. The summed E-state index contributed by atoms with van der Waals surface area (Å²) in [5.74, 6) is 1.75. The highest BCUT2D eigenvalue weighted by Gasteiger charge is 2.11. The monoisotopic (exact) mass is 319 g/mol. The Morgan fingerprint density at radius 2 is 1.74 bits per heavy atom. The molecule has 3 heteroatoms. The van der Waals surface area contributed by atoms with Crippen molar-refractivity contribution >= 4 is 0 Å². The number of rotatable bonds is 9. The Hall–Kier alpha value is -1.22. The Kier molecular flexibility index (Phi) is 8.30. The van der Waals surface area contributed by atoms with E-state index in [1.807, 2.05) is 0 Å². The SMILES string of the molecule is CCCCCCOc1ccc(CN2CCCCCC2)cc1OC. The fourth-order valence-electron chi connectivity index (χ4n) is 3.19. The van der Waals surface area contributed by atoms with Crippen molar-refractivity contribution in [1.29, 1.82) is 0 Å². The van der Waals surface area contributed by atoms with Gasteiger partial charge in [-0.25, -0.2) is 0 Å². The molecule has 0 radical (unpaired) electrons. The third-order valence-corrected chi connectivity index (χ3v) is 4.59. The molecule has 1 aliphatic heterocycles. The molecule has 0 spiro atoms. The number of unbranched alkanes of at least 4 members (excludes halogenated alkanes) is 3. The lowest BCUT2D eigenvalue weighted by molar-refractivity contribution is 0.273. The average Bonchev–Trinajstić information content (AvgIpc) is 2.84. The first-order valence-corrected chi connectivity index (χ1v) is 9.35. The standard InChI is InChI=1S/C20H33NO2/c1-3-4-5-10-15-23-19-12-11-18(16-20(19)22-2)17-21-13-8-6-7-9-14-21/h11-12,16H,3-10,13-15,17H2,1-2H3. The number of hydrogen-bond donors (Lipinski definition) is 0. The van der Waals surface area contributed by atoms with E-state index < -0.39 is 0 Å². The van der Waals surface area contributed by atoms with Crippen molar-refractivity contribution in [3.8, 4) is 11.5 Å². The Labute approximate surface area is 142 Å². The second-order valence-electron chi connectivity index (χ2n) is 6.58. The molecule has 0 saturated carbocycles. The zero-order valence-electron chi connectivity index (χ0n) is 15.0. The Morgan fingerprint density at radius 1 is 0.957 bits per heavy atom. The second kappa shape index (κ2) is 10.5. The minimum absolute atomic E-state index is 0.780. The normalized spacial score (nSPS) is 16.1. The highest BCUT2D eigenvalue weighted by molar-refractivity contribution is 5.43. The molecule has 1 heterocycles. The summed E-state index contributed by atoms with van der Waals surface area (Å²) in [4.78, 5) is 2.56. The molecular weight excluding hydrogens is 286 g/mol. The minimum atomic E-state index is 0.780. The topological polar surface area (TPSA) is 21.7 Å². The van der Waals surface area contributed by atoms with Crippen LogP contribution in [-0.2, 0) is 6.54 Å². The molecule has 0 aliphatic carbocycles. The van der Waals surface area contributed by atoms with Gasteiger partial charge in [0.1, 0.15) is 0 Å². The van der Waals surface area contributed by atoms with Crippen molar-refractivity contribution in [2.45, 2.75) is 64.8 Å². The van der Waals surface area contributed by atoms with Crippen LogP contribution >= 0.6 is 0 Å². The molecule has 23 heavy (non-hydrogen) atoms. The summed E-state index contributed by atoms with van der Waals surface area (Å²) in [6.07, 6.45) is 10.3. The van der Waals surface area contributed by atoms with E-state index in [0.717, 1.165) is 31.1 Å². The third-order valence-electron chi connectivity index (χ3n) is 4.59. The summed E-state index contributed by atoms with van der Waals surface area (Å²) in [6, 6.07) is 6.41. The lowest BCUT2D eigenvalue weighted by atomic mass is 10.1. The van der Waals surface area contributed by atoms with E-state index in [9.17, 15) is 0 Å². The van der Waals surface area contributed by atoms with Gasteiger partial charge in [0.2, 0.25) is 0 Å². The maximum atomic E-state index is 5.90. The lowest BCUT2D eigenvalue weighted by Gasteiger charge is -2.20. The lowest BCUT2D eigenvalue weighted by Crippen LogP contribution is -2.23. The van der Waals surface area contributed by atoms with Gasteiger partial charge in [0.25, 0.3) is 0 Å². The zero-order valence-corrected chi connectivity index (χ0v) is 15.0. The van der Waals surface area contributed by atoms with Gasteiger partial charge in [-0.3, -0.25) is 4.90 Å². The maximum Gasteiger partial charge on any atom is 0.161 e. The number of methoxy groups -OCH3 is 1. The van der Waals surface area contributed by atoms with Gasteiger partial charge in [-0.1, -0.05) is 45.1 Å². The smallest absolute Gasteiger partial charge is 0.161 e. The maximum absolute atomic E-state index is 5.90. The van der Waals surface area contributed by atoms with Gasteiger partial charge < -0.3 is 9.47 Å². The fraction of sp³-hybridized carbons (Fsp3) is 0.700. The minimum Gasteiger partial charge on any atom is -0.493 e. The average molecular weight is 319 g/mol. The molecule has 0 aromatic heterocycles. The van der Waals surface area contributed by atoms with Crippen LogP contribution in [0.2, 0.25) is 0 Å². The van der Waals surface area contributed by atoms with E-state index in [1.54, 1.807) is 7.11 Å². The van der Waals surface area contributed by atoms with Crippen LogP contribution in [0.25, 0.3) is 0 Å². The first-order valence-electron chi connectivity index (χ1n) is 9.35. The van der Waals surface area contributed by atoms with Crippen LogP contribution in [0, 0.1) is 0 Å². The Balaban J connectivity index is 1.87. The molecule has 0 amide bonds. The van der Waals surface area contributed by atoms with Gasteiger partial charge in [-0.05, 0) is 50.0 Å². The Bertz CT molecular complexity index is 439. The van der Waals surface area contributed by atoms with Crippen molar-refractivity contribution in [2.75, 3.05) is 26.8 Å². The molecule has 1 fully saturated rings. The third kappa shape index (κ3) is 6.42. The number of hydrogen-bond acceptors (Lipinski definition) is 3. The Morgan fingerprint density at radius 3 is 2.43 bits per heavy atom. The predicted molar refractivity (Wildman–Crippen MR) is 96.4 cm³/mol. The van der Waals surface area contributed by atoms with Crippen molar-refractivity contribution in [2.24, 2.45) is 0 Å². The molecule has 3 nitrogen and oxygen atoms in total. The van der Waals surface area contributed by atoms with Gasteiger partial charge in [0, 0.05) is 6.54 Å². The molecule has 0 atom stereocenters. The quantitative estimate of drug-likeness (QED) is 0.596.